The Labute approximate surface area is 101 Å². The van der Waals surface area contributed by atoms with E-state index in [1.54, 1.807) is 26.1 Å². The standard InChI is InChI=1S/C13H18FNO2/c1-8-6-10(4-5-11(8)14)13(15-3)9(2)7-12(16)17/h4-6,9,13,15H,7H2,1-3H3,(H,16,17). The summed E-state index contributed by atoms with van der Waals surface area (Å²) in [5, 5.41) is 11.9. The van der Waals surface area contributed by atoms with Crippen LogP contribution >= 0.6 is 0 Å². The third-order valence-corrected chi connectivity index (χ3v) is 2.92. The fraction of sp³-hybridized carbons (Fsp3) is 0.462. The van der Waals surface area contributed by atoms with Gasteiger partial charge >= 0.3 is 5.97 Å². The van der Waals surface area contributed by atoms with E-state index in [9.17, 15) is 9.18 Å². The van der Waals surface area contributed by atoms with Crippen molar-refractivity contribution in [2.24, 2.45) is 5.92 Å². The summed E-state index contributed by atoms with van der Waals surface area (Å²) in [4.78, 5) is 10.7. The average molecular weight is 239 g/mol. The van der Waals surface area contributed by atoms with Crippen molar-refractivity contribution in [3.63, 3.8) is 0 Å². The van der Waals surface area contributed by atoms with Gasteiger partial charge in [-0.3, -0.25) is 4.79 Å². The molecule has 1 aromatic carbocycles. The Balaban J connectivity index is 2.92. The number of carbonyl (C=O) groups is 1. The van der Waals surface area contributed by atoms with Gasteiger partial charge in [-0.15, -0.1) is 0 Å². The van der Waals surface area contributed by atoms with Crippen molar-refractivity contribution in [1.29, 1.82) is 0 Å². The number of benzene rings is 1. The first-order valence-electron chi connectivity index (χ1n) is 5.60. The van der Waals surface area contributed by atoms with E-state index in [1.165, 1.54) is 6.07 Å². The van der Waals surface area contributed by atoms with Crippen LogP contribution in [0.4, 0.5) is 4.39 Å². The second-order valence-electron chi connectivity index (χ2n) is 4.35. The molecule has 0 saturated carbocycles. The van der Waals surface area contributed by atoms with Gasteiger partial charge in [0.25, 0.3) is 0 Å². The Morgan fingerprint density at radius 2 is 2.18 bits per heavy atom. The number of carboxylic acids is 1. The average Bonchev–Trinajstić information content (AvgIpc) is 2.23. The molecule has 2 atom stereocenters. The molecular formula is C13H18FNO2. The zero-order chi connectivity index (χ0) is 13.0. The highest BCUT2D eigenvalue weighted by molar-refractivity contribution is 5.67. The summed E-state index contributed by atoms with van der Waals surface area (Å²) in [7, 11) is 1.78. The lowest BCUT2D eigenvalue weighted by Gasteiger charge is -2.23. The Morgan fingerprint density at radius 1 is 1.53 bits per heavy atom. The molecular weight excluding hydrogens is 221 g/mol. The predicted octanol–water partition coefficient (Wildman–Crippen LogP) is 2.51. The van der Waals surface area contributed by atoms with Crippen LogP contribution in [-0.4, -0.2) is 18.1 Å². The molecule has 0 aliphatic carbocycles. The Hall–Kier alpha value is -1.42. The number of nitrogens with one attached hydrogen (secondary N) is 1. The number of hydrogen-bond donors (Lipinski definition) is 2. The molecule has 0 spiro atoms. The first kappa shape index (κ1) is 13.6. The van der Waals surface area contributed by atoms with Crippen LogP contribution in [0.2, 0.25) is 0 Å². The Bertz CT molecular complexity index is 406. The van der Waals surface area contributed by atoms with Crippen molar-refractivity contribution in [2.75, 3.05) is 7.05 Å². The summed E-state index contributed by atoms with van der Waals surface area (Å²) in [5.74, 6) is -1.12. The molecule has 1 aromatic rings. The van der Waals surface area contributed by atoms with Crippen LogP contribution in [0, 0.1) is 18.7 Å². The Kier molecular flexibility index (Phi) is 4.63. The molecule has 0 heterocycles. The lowest BCUT2D eigenvalue weighted by atomic mass is 9.91. The molecule has 1 rings (SSSR count). The van der Waals surface area contributed by atoms with Gasteiger partial charge in [-0.2, -0.15) is 0 Å². The van der Waals surface area contributed by atoms with Gasteiger partial charge in [-0.25, -0.2) is 4.39 Å². The van der Waals surface area contributed by atoms with Gasteiger partial charge in [0.1, 0.15) is 5.82 Å². The molecule has 0 aliphatic rings. The number of rotatable bonds is 5. The minimum atomic E-state index is -0.823. The van der Waals surface area contributed by atoms with E-state index in [0.29, 0.717) is 5.56 Å². The number of hydrogen-bond acceptors (Lipinski definition) is 2. The molecule has 0 aromatic heterocycles. The predicted molar refractivity (Wildman–Crippen MR) is 64.4 cm³/mol. The summed E-state index contributed by atoms with van der Waals surface area (Å²) in [5.41, 5.74) is 1.49. The van der Waals surface area contributed by atoms with Crippen molar-refractivity contribution in [3.8, 4) is 0 Å². The molecule has 0 amide bonds. The first-order valence-corrected chi connectivity index (χ1v) is 5.60. The van der Waals surface area contributed by atoms with E-state index in [-0.39, 0.29) is 24.2 Å². The molecule has 4 heteroatoms. The second kappa shape index (κ2) is 5.77. The minimum Gasteiger partial charge on any atom is -0.481 e. The highest BCUT2D eigenvalue weighted by Gasteiger charge is 2.20. The highest BCUT2D eigenvalue weighted by atomic mass is 19.1. The first-order chi connectivity index (χ1) is 7.95. The Morgan fingerprint density at radius 3 is 2.65 bits per heavy atom. The van der Waals surface area contributed by atoms with Gasteiger partial charge in [0.2, 0.25) is 0 Å². The summed E-state index contributed by atoms with van der Waals surface area (Å²) in [6, 6.07) is 4.80. The van der Waals surface area contributed by atoms with E-state index in [2.05, 4.69) is 5.32 Å². The molecule has 0 radical (unpaired) electrons. The van der Waals surface area contributed by atoms with Gasteiger partial charge in [0.15, 0.2) is 0 Å². The van der Waals surface area contributed by atoms with Crippen LogP contribution in [-0.2, 0) is 4.79 Å². The van der Waals surface area contributed by atoms with E-state index >= 15 is 0 Å². The van der Waals surface area contributed by atoms with Crippen molar-refractivity contribution >= 4 is 5.97 Å². The fourth-order valence-electron chi connectivity index (χ4n) is 2.03. The second-order valence-corrected chi connectivity index (χ2v) is 4.35. The quantitative estimate of drug-likeness (QED) is 0.830. The van der Waals surface area contributed by atoms with E-state index in [0.717, 1.165) is 5.56 Å². The van der Waals surface area contributed by atoms with Crippen molar-refractivity contribution < 1.29 is 14.3 Å². The van der Waals surface area contributed by atoms with Gasteiger partial charge < -0.3 is 10.4 Å². The van der Waals surface area contributed by atoms with Crippen molar-refractivity contribution in [1.82, 2.24) is 5.32 Å². The van der Waals surface area contributed by atoms with Crippen LogP contribution in [0.5, 0.6) is 0 Å². The SMILES string of the molecule is CNC(c1ccc(F)c(C)c1)C(C)CC(=O)O. The normalized spacial score (nSPS) is 14.4. The molecule has 2 N–H and O–H groups in total. The molecule has 0 saturated heterocycles. The maximum Gasteiger partial charge on any atom is 0.303 e. The van der Waals surface area contributed by atoms with Gasteiger partial charge in [0, 0.05) is 12.5 Å². The maximum absolute atomic E-state index is 13.2. The molecule has 2 unspecified atom stereocenters. The van der Waals surface area contributed by atoms with E-state index in [1.807, 2.05) is 6.92 Å². The molecule has 0 fully saturated rings. The maximum atomic E-state index is 13.2. The molecule has 94 valence electrons. The zero-order valence-corrected chi connectivity index (χ0v) is 10.3. The largest absolute Gasteiger partial charge is 0.481 e. The van der Waals surface area contributed by atoms with Crippen molar-refractivity contribution in [3.05, 3.63) is 35.1 Å². The number of carboxylic acid groups (broad SMARTS) is 1. The summed E-state index contributed by atoms with van der Waals surface area (Å²) in [6.45, 7) is 3.57. The third-order valence-electron chi connectivity index (χ3n) is 2.92. The third kappa shape index (κ3) is 3.53. The van der Waals surface area contributed by atoms with E-state index < -0.39 is 5.97 Å². The molecule has 3 nitrogen and oxygen atoms in total. The highest BCUT2D eigenvalue weighted by Crippen LogP contribution is 2.25. The molecule has 17 heavy (non-hydrogen) atoms. The van der Waals surface area contributed by atoms with Gasteiger partial charge in [-0.05, 0) is 37.1 Å². The topological polar surface area (TPSA) is 49.3 Å². The van der Waals surface area contributed by atoms with Crippen LogP contribution in [0.3, 0.4) is 0 Å². The monoisotopic (exact) mass is 239 g/mol. The fourth-order valence-corrected chi connectivity index (χ4v) is 2.03. The molecule has 0 aliphatic heterocycles. The minimum absolute atomic E-state index is 0.0534. The van der Waals surface area contributed by atoms with Crippen LogP contribution in [0.15, 0.2) is 18.2 Å². The van der Waals surface area contributed by atoms with E-state index in [4.69, 9.17) is 5.11 Å². The summed E-state index contributed by atoms with van der Waals surface area (Å²) >= 11 is 0. The van der Waals surface area contributed by atoms with Gasteiger partial charge in [-0.1, -0.05) is 19.1 Å². The number of halogens is 1. The number of aliphatic carboxylic acids is 1. The summed E-state index contributed by atoms with van der Waals surface area (Å²) < 4.78 is 13.2. The van der Waals surface area contributed by atoms with Crippen LogP contribution in [0.1, 0.15) is 30.5 Å². The lowest BCUT2D eigenvalue weighted by Crippen LogP contribution is -2.25. The van der Waals surface area contributed by atoms with Crippen molar-refractivity contribution in [2.45, 2.75) is 26.3 Å². The van der Waals surface area contributed by atoms with Crippen LogP contribution < -0.4 is 5.32 Å². The smallest absolute Gasteiger partial charge is 0.303 e. The van der Waals surface area contributed by atoms with Crippen LogP contribution in [0.25, 0.3) is 0 Å². The zero-order valence-electron chi connectivity index (χ0n) is 10.3. The van der Waals surface area contributed by atoms with Gasteiger partial charge in [0.05, 0.1) is 0 Å². The lowest BCUT2D eigenvalue weighted by molar-refractivity contribution is -0.138. The molecule has 0 bridgehead atoms. The summed E-state index contributed by atoms with van der Waals surface area (Å²) in [6.07, 6.45) is 0.0852. The number of aryl methyl sites for hydroxylation is 1.